The first-order chi connectivity index (χ1) is 9.01. The maximum Gasteiger partial charge on any atom is 0.372 e. The van der Waals surface area contributed by atoms with Gasteiger partial charge in [-0.05, 0) is 0 Å². The number of hydrogen-bond donors (Lipinski definition) is 1. The largest absolute Gasteiger partial charge is 0.476 e. The zero-order valence-corrected chi connectivity index (χ0v) is 10.9. The van der Waals surface area contributed by atoms with E-state index < -0.39 is 11.0 Å². The zero-order valence-electron chi connectivity index (χ0n) is 10.9. The van der Waals surface area contributed by atoms with Gasteiger partial charge in [0.1, 0.15) is 6.33 Å². The van der Waals surface area contributed by atoms with Crippen molar-refractivity contribution in [2.75, 3.05) is 39.3 Å². The summed E-state index contributed by atoms with van der Waals surface area (Å²) in [6, 6.07) is 0. The van der Waals surface area contributed by atoms with Gasteiger partial charge >= 0.3 is 5.69 Å². The number of hydrogen-bond acceptors (Lipinski definition) is 8. The number of nitrogens with zero attached hydrogens (tertiary/aromatic N) is 4. The summed E-state index contributed by atoms with van der Waals surface area (Å²) in [5.41, 5.74) is -0.336. The summed E-state index contributed by atoms with van der Waals surface area (Å²) < 4.78 is 9.64. The van der Waals surface area contributed by atoms with Gasteiger partial charge in [-0.2, -0.15) is 4.98 Å². The standard InChI is InChI=1S/C10H16N4O5/c1-13(4-7(15)5-18-2)9-8(14(16)17)10(19-3)12-6-11-9/h6-7,15H,4-5H2,1-3H3. The molecule has 1 unspecified atom stereocenters. The molecule has 1 aromatic rings. The topological polar surface area (TPSA) is 111 Å². The fraction of sp³-hybridized carbons (Fsp3) is 0.600. The van der Waals surface area contributed by atoms with E-state index in [-0.39, 0.29) is 30.5 Å². The Morgan fingerprint density at radius 2 is 2.21 bits per heavy atom. The quantitative estimate of drug-likeness (QED) is 0.538. The first kappa shape index (κ1) is 15.1. The number of likely N-dealkylation sites (N-methyl/N-ethyl adjacent to an activating group) is 1. The third-order valence-corrected chi connectivity index (χ3v) is 2.35. The van der Waals surface area contributed by atoms with Crippen LogP contribution >= 0.6 is 0 Å². The molecule has 0 saturated heterocycles. The number of rotatable bonds is 7. The van der Waals surface area contributed by atoms with Gasteiger partial charge in [-0.15, -0.1) is 0 Å². The van der Waals surface area contributed by atoms with Gasteiger partial charge in [0.05, 0.1) is 24.7 Å². The number of anilines is 1. The predicted molar refractivity (Wildman–Crippen MR) is 66.4 cm³/mol. The van der Waals surface area contributed by atoms with Gasteiger partial charge in [0, 0.05) is 20.7 Å². The van der Waals surface area contributed by atoms with Gasteiger partial charge in [0.15, 0.2) is 0 Å². The number of aliphatic hydroxyl groups is 1. The molecule has 1 N–H and O–H groups in total. The van der Waals surface area contributed by atoms with Crippen molar-refractivity contribution in [3.63, 3.8) is 0 Å². The van der Waals surface area contributed by atoms with Crippen LogP contribution in [0.15, 0.2) is 6.33 Å². The van der Waals surface area contributed by atoms with E-state index in [1.54, 1.807) is 7.05 Å². The summed E-state index contributed by atoms with van der Waals surface area (Å²) in [5, 5.41) is 20.7. The molecule has 9 heteroatoms. The molecule has 1 aromatic heterocycles. The van der Waals surface area contributed by atoms with Crippen LogP contribution in [-0.4, -0.2) is 60.5 Å². The molecule has 0 fully saturated rings. The second-order valence-electron chi connectivity index (χ2n) is 3.80. The second kappa shape index (κ2) is 6.81. The molecule has 0 aromatic carbocycles. The number of aliphatic hydroxyl groups excluding tert-OH is 1. The first-order valence-corrected chi connectivity index (χ1v) is 5.42. The molecule has 1 rings (SSSR count). The highest BCUT2D eigenvalue weighted by Gasteiger charge is 2.27. The number of aromatic nitrogens is 2. The smallest absolute Gasteiger partial charge is 0.372 e. The molecular formula is C10H16N4O5. The van der Waals surface area contributed by atoms with Gasteiger partial charge in [0.25, 0.3) is 5.88 Å². The molecule has 19 heavy (non-hydrogen) atoms. The normalized spacial score (nSPS) is 12.0. The zero-order chi connectivity index (χ0) is 14.4. The average molecular weight is 272 g/mol. The highest BCUT2D eigenvalue weighted by atomic mass is 16.6. The molecule has 0 radical (unpaired) electrons. The van der Waals surface area contributed by atoms with Crippen molar-refractivity contribution >= 4 is 11.5 Å². The molecule has 0 spiro atoms. The van der Waals surface area contributed by atoms with Crippen molar-refractivity contribution < 1.29 is 19.5 Å². The van der Waals surface area contributed by atoms with Crippen molar-refractivity contribution in [3.8, 4) is 5.88 Å². The molecule has 0 aliphatic carbocycles. The lowest BCUT2D eigenvalue weighted by molar-refractivity contribution is -0.385. The van der Waals surface area contributed by atoms with E-state index in [1.807, 2.05) is 0 Å². The highest BCUT2D eigenvalue weighted by Crippen LogP contribution is 2.32. The molecule has 0 aliphatic rings. The Hall–Kier alpha value is -2.00. The van der Waals surface area contributed by atoms with Crippen molar-refractivity contribution in [3.05, 3.63) is 16.4 Å². The average Bonchev–Trinajstić information content (AvgIpc) is 2.37. The summed E-state index contributed by atoms with van der Waals surface area (Å²) in [5.74, 6) is -0.0462. The fourth-order valence-electron chi connectivity index (χ4n) is 1.59. The predicted octanol–water partition coefficient (Wildman–Crippen LogP) is -0.163. The SMILES string of the molecule is COCC(O)CN(C)c1ncnc(OC)c1[N+](=O)[O-]. The lowest BCUT2D eigenvalue weighted by atomic mass is 10.3. The molecule has 9 nitrogen and oxygen atoms in total. The minimum atomic E-state index is -0.782. The van der Waals surface area contributed by atoms with Gasteiger partial charge in [-0.3, -0.25) is 10.1 Å². The Labute approximate surface area is 109 Å². The monoisotopic (exact) mass is 272 g/mol. The molecular weight excluding hydrogens is 256 g/mol. The van der Waals surface area contributed by atoms with E-state index >= 15 is 0 Å². The highest BCUT2D eigenvalue weighted by molar-refractivity contribution is 5.62. The molecule has 106 valence electrons. The third kappa shape index (κ3) is 3.73. The molecule has 0 aliphatic heterocycles. The number of nitro groups is 1. The van der Waals surface area contributed by atoms with Crippen LogP contribution in [0.25, 0.3) is 0 Å². The van der Waals surface area contributed by atoms with Crippen LogP contribution in [0, 0.1) is 10.1 Å². The summed E-state index contributed by atoms with van der Waals surface area (Å²) in [6.07, 6.45) is 0.385. The lowest BCUT2D eigenvalue weighted by Crippen LogP contribution is -2.32. The van der Waals surface area contributed by atoms with Gasteiger partial charge in [0.2, 0.25) is 5.82 Å². The van der Waals surface area contributed by atoms with Crippen LogP contribution < -0.4 is 9.64 Å². The summed E-state index contributed by atoms with van der Waals surface area (Å²) in [6.45, 7) is 0.259. The summed E-state index contributed by atoms with van der Waals surface area (Å²) in [7, 11) is 4.33. The third-order valence-electron chi connectivity index (χ3n) is 2.35. The van der Waals surface area contributed by atoms with Crippen molar-refractivity contribution in [2.45, 2.75) is 6.10 Å². The van der Waals surface area contributed by atoms with Crippen LogP contribution in [0.2, 0.25) is 0 Å². The Bertz CT molecular complexity index is 442. The molecule has 0 bridgehead atoms. The van der Waals surface area contributed by atoms with Crippen LogP contribution in [0.1, 0.15) is 0 Å². The van der Waals surface area contributed by atoms with E-state index in [2.05, 4.69) is 9.97 Å². The summed E-state index contributed by atoms with van der Waals surface area (Å²) >= 11 is 0. The van der Waals surface area contributed by atoms with Crippen molar-refractivity contribution in [1.29, 1.82) is 0 Å². The van der Waals surface area contributed by atoms with Crippen LogP contribution in [0.4, 0.5) is 11.5 Å². The molecule has 0 amide bonds. The van der Waals surface area contributed by atoms with E-state index in [1.165, 1.54) is 25.4 Å². The molecule has 1 atom stereocenters. The van der Waals surface area contributed by atoms with E-state index in [9.17, 15) is 15.2 Å². The second-order valence-corrected chi connectivity index (χ2v) is 3.80. The number of ether oxygens (including phenoxy) is 2. The summed E-state index contributed by atoms with van der Waals surface area (Å²) in [4.78, 5) is 19.4. The maximum absolute atomic E-state index is 11.0. The van der Waals surface area contributed by atoms with Crippen molar-refractivity contribution in [1.82, 2.24) is 9.97 Å². The minimum absolute atomic E-state index is 0.0759. The Balaban J connectivity index is 3.02. The van der Waals surface area contributed by atoms with Gasteiger partial charge in [-0.1, -0.05) is 0 Å². The van der Waals surface area contributed by atoms with E-state index in [0.29, 0.717) is 0 Å². The maximum atomic E-state index is 11.0. The minimum Gasteiger partial charge on any atom is -0.476 e. The number of methoxy groups -OCH3 is 2. The first-order valence-electron chi connectivity index (χ1n) is 5.42. The van der Waals surface area contributed by atoms with Crippen LogP contribution in [-0.2, 0) is 4.74 Å². The van der Waals surface area contributed by atoms with E-state index in [0.717, 1.165) is 0 Å². The Morgan fingerprint density at radius 3 is 2.74 bits per heavy atom. The fourth-order valence-corrected chi connectivity index (χ4v) is 1.59. The molecule has 1 heterocycles. The van der Waals surface area contributed by atoms with Crippen LogP contribution in [0.3, 0.4) is 0 Å². The Morgan fingerprint density at radius 1 is 1.53 bits per heavy atom. The van der Waals surface area contributed by atoms with Crippen molar-refractivity contribution in [2.24, 2.45) is 0 Å². The molecule has 0 saturated carbocycles. The Kier molecular flexibility index (Phi) is 5.39. The lowest BCUT2D eigenvalue weighted by Gasteiger charge is -2.21. The van der Waals surface area contributed by atoms with Gasteiger partial charge in [-0.25, -0.2) is 4.98 Å². The van der Waals surface area contributed by atoms with E-state index in [4.69, 9.17) is 9.47 Å². The van der Waals surface area contributed by atoms with Gasteiger partial charge < -0.3 is 19.5 Å². The van der Waals surface area contributed by atoms with Crippen LogP contribution in [0.5, 0.6) is 5.88 Å².